The molecule has 118 valence electrons. The first-order valence-electron chi connectivity index (χ1n) is 6.82. The quantitative estimate of drug-likeness (QED) is 0.848. The average molecular weight is 359 g/mol. The molecule has 0 aliphatic heterocycles. The second-order valence-corrected chi connectivity index (χ2v) is 7.38. The van der Waals surface area contributed by atoms with Crippen LogP contribution in [0.3, 0.4) is 0 Å². The number of aromatic nitrogens is 1. The van der Waals surface area contributed by atoms with Crippen molar-refractivity contribution >= 4 is 22.0 Å². The summed E-state index contributed by atoms with van der Waals surface area (Å²) < 4.78 is 6.10. The Bertz CT molecular complexity index is 471. The van der Waals surface area contributed by atoms with Crippen LogP contribution < -0.4 is 5.32 Å². The second-order valence-electron chi connectivity index (χ2n) is 6.47. The van der Waals surface area contributed by atoms with E-state index in [9.17, 15) is 9.90 Å². The summed E-state index contributed by atoms with van der Waals surface area (Å²) in [7, 11) is 0. The predicted molar refractivity (Wildman–Crippen MR) is 85.1 cm³/mol. The number of rotatable bonds is 5. The van der Waals surface area contributed by atoms with Gasteiger partial charge in [-0.25, -0.2) is 4.79 Å². The molecule has 0 aliphatic carbocycles. The fraction of sp³-hybridized carbons (Fsp3) is 0.600. The van der Waals surface area contributed by atoms with E-state index < -0.39 is 17.1 Å². The third kappa shape index (κ3) is 6.91. The SMILES string of the molecule is CC(CO)(CNC(=O)OC(C)(C)C)Cc1ccc(Br)cn1. The van der Waals surface area contributed by atoms with Crippen molar-refractivity contribution in [3.05, 3.63) is 28.5 Å². The van der Waals surface area contributed by atoms with E-state index in [1.165, 1.54) is 0 Å². The Labute approximate surface area is 134 Å². The molecule has 0 aromatic carbocycles. The molecule has 1 atom stereocenters. The molecular weight excluding hydrogens is 336 g/mol. The molecule has 0 bridgehead atoms. The molecule has 1 rings (SSSR count). The Morgan fingerprint density at radius 3 is 2.52 bits per heavy atom. The van der Waals surface area contributed by atoms with E-state index >= 15 is 0 Å². The lowest BCUT2D eigenvalue weighted by atomic mass is 9.86. The van der Waals surface area contributed by atoms with Crippen LogP contribution in [0.25, 0.3) is 0 Å². The van der Waals surface area contributed by atoms with Gasteiger partial charge in [-0.2, -0.15) is 0 Å². The third-order valence-electron chi connectivity index (χ3n) is 2.84. The minimum atomic E-state index is -0.535. The molecule has 21 heavy (non-hydrogen) atoms. The summed E-state index contributed by atoms with van der Waals surface area (Å²) in [4.78, 5) is 16.0. The number of halogens is 1. The normalized spacial score (nSPS) is 14.4. The molecule has 1 heterocycles. The Morgan fingerprint density at radius 1 is 1.38 bits per heavy atom. The number of nitrogens with one attached hydrogen (secondary N) is 1. The van der Waals surface area contributed by atoms with Crippen LogP contribution in [0.1, 0.15) is 33.4 Å². The van der Waals surface area contributed by atoms with Gasteiger partial charge in [-0.15, -0.1) is 0 Å². The van der Waals surface area contributed by atoms with Crippen LogP contribution in [-0.4, -0.2) is 34.9 Å². The molecule has 1 unspecified atom stereocenters. The molecule has 1 amide bonds. The van der Waals surface area contributed by atoms with Gasteiger partial charge < -0.3 is 15.2 Å². The Hall–Kier alpha value is -1.14. The van der Waals surface area contributed by atoms with E-state index in [1.54, 1.807) is 6.20 Å². The molecule has 2 N–H and O–H groups in total. The largest absolute Gasteiger partial charge is 0.444 e. The van der Waals surface area contributed by atoms with Crippen molar-refractivity contribution in [2.75, 3.05) is 13.2 Å². The van der Waals surface area contributed by atoms with E-state index in [-0.39, 0.29) is 6.61 Å². The lowest BCUT2D eigenvalue weighted by Crippen LogP contribution is -2.41. The van der Waals surface area contributed by atoms with Gasteiger partial charge in [-0.3, -0.25) is 4.98 Å². The molecule has 0 saturated carbocycles. The number of nitrogens with zero attached hydrogens (tertiary/aromatic N) is 1. The standard InChI is InChI=1S/C15H23BrN2O3/c1-14(2,3)21-13(20)18-9-15(4,10-19)7-12-6-5-11(16)8-17-12/h5-6,8,19H,7,9-10H2,1-4H3,(H,18,20). The van der Waals surface area contributed by atoms with Gasteiger partial charge in [0, 0.05) is 28.3 Å². The molecule has 5 nitrogen and oxygen atoms in total. The summed E-state index contributed by atoms with van der Waals surface area (Å²) in [6.07, 6.45) is 1.80. The summed E-state index contributed by atoms with van der Waals surface area (Å²) in [6.45, 7) is 7.58. The zero-order chi connectivity index (χ0) is 16.1. The summed E-state index contributed by atoms with van der Waals surface area (Å²) in [5.74, 6) is 0. The van der Waals surface area contributed by atoms with Crippen LogP contribution >= 0.6 is 15.9 Å². The second kappa shape index (κ2) is 7.22. The lowest BCUT2D eigenvalue weighted by Gasteiger charge is -2.28. The van der Waals surface area contributed by atoms with Crippen molar-refractivity contribution in [3.63, 3.8) is 0 Å². The number of hydrogen-bond donors (Lipinski definition) is 2. The van der Waals surface area contributed by atoms with Gasteiger partial charge in [0.25, 0.3) is 0 Å². The van der Waals surface area contributed by atoms with Crippen LogP contribution in [0.15, 0.2) is 22.8 Å². The summed E-state index contributed by atoms with van der Waals surface area (Å²) >= 11 is 3.33. The predicted octanol–water partition coefficient (Wildman–Crippen LogP) is 2.91. The topological polar surface area (TPSA) is 71.5 Å². The van der Waals surface area contributed by atoms with Crippen molar-refractivity contribution in [2.45, 2.75) is 39.7 Å². The molecule has 1 aromatic heterocycles. The van der Waals surface area contributed by atoms with Crippen LogP contribution in [-0.2, 0) is 11.2 Å². The highest BCUT2D eigenvalue weighted by molar-refractivity contribution is 9.10. The average Bonchev–Trinajstić information content (AvgIpc) is 2.37. The first-order valence-corrected chi connectivity index (χ1v) is 7.61. The van der Waals surface area contributed by atoms with Crippen molar-refractivity contribution in [2.24, 2.45) is 5.41 Å². The zero-order valence-electron chi connectivity index (χ0n) is 12.9. The first-order chi connectivity index (χ1) is 9.63. The van der Waals surface area contributed by atoms with Gasteiger partial charge in [0.1, 0.15) is 5.60 Å². The summed E-state index contributed by atoms with van der Waals surface area (Å²) in [5.41, 5.74) is -0.161. The lowest BCUT2D eigenvalue weighted by molar-refractivity contribution is 0.0477. The van der Waals surface area contributed by atoms with Crippen molar-refractivity contribution in [1.82, 2.24) is 10.3 Å². The molecular formula is C15H23BrN2O3. The van der Waals surface area contributed by atoms with E-state index in [4.69, 9.17) is 4.74 Å². The Morgan fingerprint density at radius 2 is 2.05 bits per heavy atom. The maximum absolute atomic E-state index is 11.7. The third-order valence-corrected chi connectivity index (χ3v) is 3.31. The smallest absolute Gasteiger partial charge is 0.407 e. The van der Waals surface area contributed by atoms with Gasteiger partial charge in [-0.05, 0) is 55.3 Å². The van der Waals surface area contributed by atoms with E-state index in [0.717, 1.165) is 10.2 Å². The number of amides is 1. The Kier molecular flexibility index (Phi) is 6.16. The number of alkyl carbamates (subject to hydrolysis) is 1. The van der Waals surface area contributed by atoms with Gasteiger partial charge in [0.15, 0.2) is 0 Å². The highest BCUT2D eigenvalue weighted by Gasteiger charge is 2.26. The summed E-state index contributed by atoms with van der Waals surface area (Å²) in [6, 6.07) is 3.80. The Balaban J connectivity index is 2.59. The van der Waals surface area contributed by atoms with Gasteiger partial charge in [0.05, 0.1) is 6.61 Å². The van der Waals surface area contributed by atoms with Crippen molar-refractivity contribution in [1.29, 1.82) is 0 Å². The molecule has 6 heteroatoms. The van der Waals surface area contributed by atoms with E-state index in [2.05, 4.69) is 26.2 Å². The minimum Gasteiger partial charge on any atom is -0.444 e. The minimum absolute atomic E-state index is 0.0550. The summed E-state index contributed by atoms with van der Waals surface area (Å²) in [5, 5.41) is 12.3. The monoisotopic (exact) mass is 358 g/mol. The molecule has 0 radical (unpaired) electrons. The van der Waals surface area contributed by atoms with Crippen LogP contribution in [0.2, 0.25) is 0 Å². The molecule has 1 aromatic rings. The van der Waals surface area contributed by atoms with Gasteiger partial charge >= 0.3 is 6.09 Å². The van der Waals surface area contributed by atoms with Crippen LogP contribution in [0.4, 0.5) is 4.79 Å². The number of carbonyl (C=O) groups excluding carboxylic acids is 1. The van der Waals surface area contributed by atoms with E-state index in [0.29, 0.717) is 13.0 Å². The molecule has 0 fully saturated rings. The highest BCUT2D eigenvalue weighted by atomic mass is 79.9. The molecule has 0 aliphatic rings. The van der Waals surface area contributed by atoms with E-state index in [1.807, 2.05) is 39.8 Å². The molecule has 0 spiro atoms. The number of aliphatic hydroxyl groups excluding tert-OH is 1. The first kappa shape index (κ1) is 17.9. The van der Waals surface area contributed by atoms with Crippen LogP contribution in [0, 0.1) is 5.41 Å². The number of aliphatic hydroxyl groups is 1. The zero-order valence-corrected chi connectivity index (χ0v) is 14.5. The number of pyridine rings is 1. The van der Waals surface area contributed by atoms with Crippen molar-refractivity contribution < 1.29 is 14.6 Å². The number of hydrogen-bond acceptors (Lipinski definition) is 4. The molecule has 0 saturated heterocycles. The van der Waals surface area contributed by atoms with Gasteiger partial charge in [0.2, 0.25) is 0 Å². The highest BCUT2D eigenvalue weighted by Crippen LogP contribution is 2.21. The maximum atomic E-state index is 11.7. The van der Waals surface area contributed by atoms with Crippen molar-refractivity contribution in [3.8, 4) is 0 Å². The van der Waals surface area contributed by atoms with Crippen LogP contribution in [0.5, 0.6) is 0 Å². The fourth-order valence-electron chi connectivity index (χ4n) is 1.72. The number of carbonyl (C=O) groups is 1. The van der Waals surface area contributed by atoms with Gasteiger partial charge in [-0.1, -0.05) is 6.92 Å². The maximum Gasteiger partial charge on any atom is 0.407 e. The number of ether oxygens (including phenoxy) is 1. The fourth-order valence-corrected chi connectivity index (χ4v) is 1.96.